The third-order valence-electron chi connectivity index (χ3n) is 3.50. The molecule has 0 amide bonds. The molecular formula is C18H27NO2. The maximum Gasteiger partial charge on any atom is 0.142 e. The molecule has 0 aliphatic heterocycles. The number of methoxy groups -OCH3 is 1. The molecule has 1 aromatic carbocycles. The first kappa shape index (κ1) is 17.3. The van der Waals surface area contributed by atoms with Crippen LogP contribution < -0.4 is 9.64 Å². The molecule has 0 spiro atoms. The molecule has 0 heterocycles. The largest absolute Gasteiger partial charge is 0.496 e. The van der Waals surface area contributed by atoms with Crippen molar-refractivity contribution in [3.8, 4) is 5.75 Å². The second kappa shape index (κ2) is 10.0. The molecule has 116 valence electrons. The van der Waals surface area contributed by atoms with Crippen LogP contribution in [0.1, 0.15) is 45.1 Å². The lowest BCUT2D eigenvalue weighted by Crippen LogP contribution is -2.25. The Morgan fingerprint density at radius 2 is 1.81 bits per heavy atom. The van der Waals surface area contributed by atoms with Gasteiger partial charge in [0.15, 0.2) is 0 Å². The summed E-state index contributed by atoms with van der Waals surface area (Å²) in [5.74, 6) is 0.809. The summed E-state index contributed by atoms with van der Waals surface area (Å²) in [5.41, 5.74) is 2.12. The third-order valence-corrected chi connectivity index (χ3v) is 3.50. The van der Waals surface area contributed by atoms with E-state index in [-0.39, 0.29) is 0 Å². The van der Waals surface area contributed by atoms with Gasteiger partial charge in [0.05, 0.1) is 7.11 Å². The minimum atomic E-state index is 0.780. The van der Waals surface area contributed by atoms with Crippen LogP contribution in [0, 0.1) is 0 Å². The van der Waals surface area contributed by atoms with E-state index in [2.05, 4.69) is 30.9 Å². The summed E-state index contributed by atoms with van der Waals surface area (Å²) in [6.45, 7) is 6.57. The Labute approximate surface area is 128 Å². The Morgan fingerprint density at radius 1 is 1.14 bits per heavy atom. The number of rotatable bonds is 10. The van der Waals surface area contributed by atoms with E-state index in [1.807, 2.05) is 6.07 Å². The number of hydrogen-bond acceptors (Lipinski definition) is 3. The third kappa shape index (κ3) is 5.62. The summed E-state index contributed by atoms with van der Waals surface area (Å²) in [7, 11) is 1.67. The standard InChI is InChI=1S/C18H27NO2/c1-4-6-12-19(13-7-5-2)17-11-10-16(9-8-14-20)18(15-17)21-3/h8-11,14-15H,4-7,12-13H2,1-3H3/b9-8+. The summed E-state index contributed by atoms with van der Waals surface area (Å²) >= 11 is 0. The van der Waals surface area contributed by atoms with E-state index in [4.69, 9.17) is 4.74 Å². The van der Waals surface area contributed by atoms with Crippen molar-refractivity contribution in [2.45, 2.75) is 39.5 Å². The van der Waals surface area contributed by atoms with Crippen LogP contribution in [0.15, 0.2) is 24.3 Å². The first-order valence-corrected chi connectivity index (χ1v) is 7.81. The Hall–Kier alpha value is -1.77. The molecule has 0 saturated carbocycles. The van der Waals surface area contributed by atoms with Crippen molar-refractivity contribution in [3.05, 3.63) is 29.8 Å². The first-order chi connectivity index (χ1) is 10.3. The van der Waals surface area contributed by atoms with Crippen LogP contribution in [0.25, 0.3) is 6.08 Å². The van der Waals surface area contributed by atoms with Gasteiger partial charge in [0.2, 0.25) is 0 Å². The first-order valence-electron chi connectivity index (χ1n) is 7.81. The van der Waals surface area contributed by atoms with Gasteiger partial charge in [-0.25, -0.2) is 0 Å². The van der Waals surface area contributed by atoms with Crippen LogP contribution in [0.4, 0.5) is 5.69 Å². The van der Waals surface area contributed by atoms with Crippen molar-refractivity contribution in [1.82, 2.24) is 0 Å². The lowest BCUT2D eigenvalue weighted by atomic mass is 10.1. The SMILES string of the molecule is CCCCN(CCCC)c1ccc(/C=C/C=O)c(OC)c1. The molecule has 21 heavy (non-hydrogen) atoms. The predicted molar refractivity (Wildman–Crippen MR) is 90.1 cm³/mol. The Morgan fingerprint density at radius 3 is 2.33 bits per heavy atom. The average molecular weight is 289 g/mol. The zero-order valence-corrected chi connectivity index (χ0v) is 13.5. The fourth-order valence-electron chi connectivity index (χ4n) is 2.25. The second-order valence-electron chi connectivity index (χ2n) is 5.12. The number of allylic oxidation sites excluding steroid dienone is 1. The maximum atomic E-state index is 10.5. The maximum absolute atomic E-state index is 10.5. The fraction of sp³-hybridized carbons (Fsp3) is 0.500. The smallest absolute Gasteiger partial charge is 0.142 e. The van der Waals surface area contributed by atoms with Crippen molar-refractivity contribution in [1.29, 1.82) is 0 Å². The number of carbonyl (C=O) groups is 1. The number of ether oxygens (including phenoxy) is 1. The van der Waals surface area contributed by atoms with E-state index in [1.54, 1.807) is 13.2 Å². The van der Waals surface area contributed by atoms with E-state index < -0.39 is 0 Å². The molecule has 0 aromatic heterocycles. The fourth-order valence-corrected chi connectivity index (χ4v) is 2.25. The zero-order chi connectivity index (χ0) is 15.5. The van der Waals surface area contributed by atoms with E-state index in [1.165, 1.54) is 37.4 Å². The lowest BCUT2D eigenvalue weighted by molar-refractivity contribution is -0.104. The van der Waals surface area contributed by atoms with Crippen molar-refractivity contribution >= 4 is 18.0 Å². The van der Waals surface area contributed by atoms with Gasteiger partial charge in [-0.2, -0.15) is 0 Å². The minimum absolute atomic E-state index is 0.780. The minimum Gasteiger partial charge on any atom is -0.496 e. The lowest BCUT2D eigenvalue weighted by Gasteiger charge is -2.25. The average Bonchev–Trinajstić information content (AvgIpc) is 2.53. The van der Waals surface area contributed by atoms with Crippen LogP contribution in [0.5, 0.6) is 5.75 Å². The molecule has 0 saturated heterocycles. The highest BCUT2D eigenvalue weighted by Gasteiger charge is 2.09. The molecule has 3 nitrogen and oxygen atoms in total. The van der Waals surface area contributed by atoms with Gasteiger partial charge in [-0.3, -0.25) is 4.79 Å². The van der Waals surface area contributed by atoms with E-state index >= 15 is 0 Å². The number of nitrogens with zero attached hydrogens (tertiary/aromatic N) is 1. The molecule has 3 heteroatoms. The molecule has 0 atom stereocenters. The van der Waals surface area contributed by atoms with Crippen molar-refractivity contribution in [2.75, 3.05) is 25.1 Å². The highest BCUT2D eigenvalue weighted by Crippen LogP contribution is 2.27. The molecule has 1 aromatic rings. The van der Waals surface area contributed by atoms with E-state index in [9.17, 15) is 4.79 Å². The number of anilines is 1. The number of benzene rings is 1. The molecular weight excluding hydrogens is 262 g/mol. The number of carbonyl (C=O) groups excluding carboxylic acids is 1. The number of hydrogen-bond donors (Lipinski definition) is 0. The summed E-state index contributed by atoms with van der Waals surface area (Å²) in [5, 5.41) is 0. The topological polar surface area (TPSA) is 29.5 Å². The second-order valence-corrected chi connectivity index (χ2v) is 5.12. The van der Waals surface area contributed by atoms with Gasteiger partial charge in [0.1, 0.15) is 12.0 Å². The van der Waals surface area contributed by atoms with Crippen molar-refractivity contribution in [2.24, 2.45) is 0 Å². The summed E-state index contributed by atoms with van der Waals surface area (Å²) in [4.78, 5) is 12.9. The van der Waals surface area contributed by atoms with Crippen LogP contribution in [0.3, 0.4) is 0 Å². The Kier molecular flexibility index (Phi) is 8.25. The molecule has 0 bridgehead atoms. The van der Waals surface area contributed by atoms with Crippen molar-refractivity contribution in [3.63, 3.8) is 0 Å². The van der Waals surface area contributed by atoms with Gasteiger partial charge in [-0.1, -0.05) is 26.7 Å². The van der Waals surface area contributed by atoms with Crippen LogP contribution in [0.2, 0.25) is 0 Å². The van der Waals surface area contributed by atoms with E-state index in [0.717, 1.165) is 30.7 Å². The van der Waals surface area contributed by atoms with Crippen LogP contribution in [-0.2, 0) is 4.79 Å². The Bertz CT molecular complexity index is 447. The summed E-state index contributed by atoms with van der Waals surface area (Å²) in [6, 6.07) is 6.19. The zero-order valence-electron chi connectivity index (χ0n) is 13.5. The normalized spacial score (nSPS) is 10.8. The van der Waals surface area contributed by atoms with Gasteiger partial charge < -0.3 is 9.64 Å². The highest BCUT2D eigenvalue weighted by molar-refractivity contribution is 5.76. The molecule has 0 aliphatic carbocycles. The number of aldehydes is 1. The Balaban J connectivity index is 2.96. The van der Waals surface area contributed by atoms with Crippen LogP contribution in [-0.4, -0.2) is 26.5 Å². The van der Waals surface area contributed by atoms with Crippen LogP contribution >= 0.6 is 0 Å². The van der Waals surface area contributed by atoms with Gasteiger partial charge in [-0.05, 0) is 37.1 Å². The van der Waals surface area contributed by atoms with E-state index in [0.29, 0.717) is 0 Å². The predicted octanol–water partition coefficient (Wildman–Crippen LogP) is 4.31. The highest BCUT2D eigenvalue weighted by atomic mass is 16.5. The molecule has 0 unspecified atom stereocenters. The molecule has 0 fully saturated rings. The number of unbranched alkanes of at least 4 members (excludes halogenated alkanes) is 2. The summed E-state index contributed by atoms with van der Waals surface area (Å²) in [6.07, 6.45) is 8.82. The van der Waals surface area contributed by atoms with Gasteiger partial charge in [-0.15, -0.1) is 0 Å². The van der Waals surface area contributed by atoms with Gasteiger partial charge in [0.25, 0.3) is 0 Å². The molecule has 0 aliphatic rings. The van der Waals surface area contributed by atoms with Gasteiger partial charge in [0, 0.05) is 30.4 Å². The monoisotopic (exact) mass is 289 g/mol. The van der Waals surface area contributed by atoms with Gasteiger partial charge >= 0.3 is 0 Å². The summed E-state index contributed by atoms with van der Waals surface area (Å²) < 4.78 is 5.45. The quantitative estimate of drug-likeness (QED) is 0.475. The molecule has 0 radical (unpaired) electrons. The van der Waals surface area contributed by atoms with Crippen molar-refractivity contribution < 1.29 is 9.53 Å². The molecule has 1 rings (SSSR count). The molecule has 0 N–H and O–H groups in total.